The molecule has 2 heterocycles. The molecule has 1 atom stereocenters. The highest BCUT2D eigenvalue weighted by Crippen LogP contribution is 2.30. The first-order chi connectivity index (χ1) is 9.60. The van der Waals surface area contributed by atoms with Gasteiger partial charge in [0, 0.05) is 47.3 Å². The van der Waals surface area contributed by atoms with E-state index in [2.05, 4.69) is 10.3 Å². The molecule has 2 rings (SSSR count). The molecule has 0 aromatic carbocycles. The van der Waals surface area contributed by atoms with Gasteiger partial charge in [-0.05, 0) is 0 Å². The van der Waals surface area contributed by atoms with E-state index in [0.29, 0.717) is 12.5 Å². The highest BCUT2D eigenvalue weighted by Gasteiger charge is 2.34. The maximum atomic E-state index is 5.60. The van der Waals surface area contributed by atoms with Gasteiger partial charge in [0.15, 0.2) is 5.13 Å². The monoisotopic (exact) mass is 301 g/mol. The summed E-state index contributed by atoms with van der Waals surface area (Å²) in [6.07, 6.45) is 0.930. The normalized spacial score (nSPS) is 22.2. The second-order valence-electron chi connectivity index (χ2n) is 5.12. The fourth-order valence-electron chi connectivity index (χ4n) is 2.15. The molecule has 0 radical (unpaired) electrons. The largest absolute Gasteiger partial charge is 0.480 e. The molecule has 1 aromatic heterocycles. The van der Waals surface area contributed by atoms with Crippen molar-refractivity contribution in [2.24, 2.45) is 0 Å². The number of thiazole rings is 1. The second-order valence-corrected chi connectivity index (χ2v) is 6.18. The van der Waals surface area contributed by atoms with E-state index in [1.807, 2.05) is 19.0 Å². The fraction of sp³-hybridized carbons (Fsp3) is 0.769. The predicted molar refractivity (Wildman–Crippen MR) is 79.9 cm³/mol. The summed E-state index contributed by atoms with van der Waals surface area (Å²) in [5.74, 6) is 0.695. The Bertz CT molecular complexity index is 430. The van der Waals surface area contributed by atoms with Crippen LogP contribution in [-0.2, 0) is 16.0 Å². The highest BCUT2D eigenvalue weighted by molar-refractivity contribution is 7.15. The standard InChI is InChI=1S/C13H23N3O3S/c1-16(2)12-15-11(17-3)10(20-12)7-14-8-13(18-4)5-6-19-9-13/h14H,5-9H2,1-4H3. The molecular formula is C13H23N3O3S. The Morgan fingerprint density at radius 1 is 1.45 bits per heavy atom. The fourth-order valence-corrected chi connectivity index (χ4v) is 3.08. The summed E-state index contributed by atoms with van der Waals surface area (Å²) in [4.78, 5) is 7.53. The van der Waals surface area contributed by atoms with Gasteiger partial charge in [-0.25, -0.2) is 0 Å². The third-order valence-electron chi connectivity index (χ3n) is 3.46. The molecule has 0 bridgehead atoms. The predicted octanol–water partition coefficient (Wildman–Crippen LogP) is 1.11. The first-order valence-electron chi connectivity index (χ1n) is 6.65. The van der Waals surface area contributed by atoms with Gasteiger partial charge in [0.25, 0.3) is 0 Å². The average molecular weight is 301 g/mol. The van der Waals surface area contributed by atoms with Crippen LogP contribution in [0.25, 0.3) is 0 Å². The second kappa shape index (κ2) is 6.71. The van der Waals surface area contributed by atoms with Crippen LogP contribution in [0.4, 0.5) is 5.13 Å². The van der Waals surface area contributed by atoms with Crippen LogP contribution < -0.4 is 15.0 Å². The van der Waals surface area contributed by atoms with Gasteiger partial charge in [0.05, 0.1) is 18.6 Å². The van der Waals surface area contributed by atoms with Crippen molar-refractivity contribution in [3.8, 4) is 5.88 Å². The molecule has 1 saturated heterocycles. The molecule has 7 heteroatoms. The molecule has 20 heavy (non-hydrogen) atoms. The van der Waals surface area contributed by atoms with Crippen LogP contribution in [0, 0.1) is 0 Å². The molecule has 114 valence electrons. The minimum absolute atomic E-state index is 0.192. The van der Waals surface area contributed by atoms with E-state index in [9.17, 15) is 0 Å². The molecule has 1 N–H and O–H groups in total. The summed E-state index contributed by atoms with van der Waals surface area (Å²) < 4.78 is 16.4. The van der Waals surface area contributed by atoms with Crippen LogP contribution in [0.3, 0.4) is 0 Å². The first-order valence-corrected chi connectivity index (χ1v) is 7.46. The van der Waals surface area contributed by atoms with E-state index in [4.69, 9.17) is 14.2 Å². The Kier molecular flexibility index (Phi) is 5.20. The summed E-state index contributed by atoms with van der Waals surface area (Å²) in [5, 5.41) is 4.38. The van der Waals surface area contributed by atoms with Gasteiger partial charge in [-0.2, -0.15) is 4.98 Å². The number of aromatic nitrogens is 1. The van der Waals surface area contributed by atoms with Crippen molar-refractivity contribution in [3.63, 3.8) is 0 Å². The third kappa shape index (κ3) is 3.41. The van der Waals surface area contributed by atoms with Crippen LogP contribution in [0.5, 0.6) is 5.88 Å². The van der Waals surface area contributed by atoms with Crippen molar-refractivity contribution < 1.29 is 14.2 Å². The van der Waals surface area contributed by atoms with Crippen LogP contribution >= 0.6 is 11.3 Å². The zero-order valence-corrected chi connectivity index (χ0v) is 13.4. The van der Waals surface area contributed by atoms with Crippen LogP contribution in [0.1, 0.15) is 11.3 Å². The lowest BCUT2D eigenvalue weighted by Gasteiger charge is -2.25. The van der Waals surface area contributed by atoms with E-state index in [-0.39, 0.29) is 5.60 Å². The van der Waals surface area contributed by atoms with E-state index >= 15 is 0 Å². The van der Waals surface area contributed by atoms with Gasteiger partial charge in [0.2, 0.25) is 5.88 Å². The van der Waals surface area contributed by atoms with Gasteiger partial charge >= 0.3 is 0 Å². The van der Waals surface area contributed by atoms with Crippen molar-refractivity contribution >= 4 is 16.5 Å². The molecule has 0 spiro atoms. The first kappa shape index (κ1) is 15.5. The van der Waals surface area contributed by atoms with Gasteiger partial charge < -0.3 is 24.4 Å². The van der Waals surface area contributed by atoms with Gasteiger partial charge in [0.1, 0.15) is 5.60 Å². The van der Waals surface area contributed by atoms with Crippen molar-refractivity contribution in [1.82, 2.24) is 10.3 Å². The third-order valence-corrected chi connectivity index (χ3v) is 4.66. The summed E-state index contributed by atoms with van der Waals surface area (Å²) in [7, 11) is 7.35. The number of hydrogen-bond acceptors (Lipinski definition) is 7. The van der Waals surface area contributed by atoms with Gasteiger partial charge in [-0.3, -0.25) is 0 Å². The van der Waals surface area contributed by atoms with Crippen LogP contribution in [0.15, 0.2) is 0 Å². The molecule has 6 nitrogen and oxygen atoms in total. The lowest BCUT2D eigenvalue weighted by molar-refractivity contribution is -0.0159. The maximum absolute atomic E-state index is 5.60. The summed E-state index contributed by atoms with van der Waals surface area (Å²) in [6, 6.07) is 0. The minimum atomic E-state index is -0.192. The zero-order valence-electron chi connectivity index (χ0n) is 12.6. The Morgan fingerprint density at radius 3 is 2.80 bits per heavy atom. The lowest BCUT2D eigenvalue weighted by Crippen LogP contribution is -2.42. The SMILES string of the molecule is COc1nc(N(C)C)sc1CNCC1(OC)CCOC1. The Balaban J connectivity index is 1.93. The quantitative estimate of drug-likeness (QED) is 0.814. The molecule has 0 aliphatic carbocycles. The Morgan fingerprint density at radius 2 is 2.25 bits per heavy atom. The highest BCUT2D eigenvalue weighted by atomic mass is 32.1. The van der Waals surface area contributed by atoms with Gasteiger partial charge in [-0.15, -0.1) is 0 Å². The lowest BCUT2D eigenvalue weighted by atomic mass is 10.0. The molecule has 0 saturated carbocycles. The molecule has 1 fully saturated rings. The van der Waals surface area contributed by atoms with Crippen molar-refractivity contribution in [3.05, 3.63) is 4.88 Å². The average Bonchev–Trinajstić information content (AvgIpc) is 3.06. The van der Waals surface area contributed by atoms with Crippen molar-refractivity contribution in [2.45, 2.75) is 18.6 Å². The number of methoxy groups -OCH3 is 2. The van der Waals surface area contributed by atoms with E-state index < -0.39 is 0 Å². The van der Waals surface area contributed by atoms with Crippen LogP contribution in [-0.4, -0.2) is 58.7 Å². The zero-order chi connectivity index (χ0) is 14.6. The van der Waals surface area contributed by atoms with Gasteiger partial charge in [-0.1, -0.05) is 11.3 Å². The smallest absolute Gasteiger partial charge is 0.230 e. The number of nitrogens with one attached hydrogen (secondary N) is 1. The number of anilines is 1. The summed E-state index contributed by atoms with van der Waals surface area (Å²) in [6.45, 7) is 2.91. The molecule has 1 unspecified atom stereocenters. The Hall–Kier alpha value is -0.890. The molecule has 1 aliphatic rings. The maximum Gasteiger partial charge on any atom is 0.230 e. The summed E-state index contributed by atoms with van der Waals surface area (Å²) >= 11 is 1.64. The molecule has 1 aromatic rings. The van der Waals surface area contributed by atoms with Crippen LogP contribution in [0.2, 0.25) is 0 Å². The van der Waals surface area contributed by atoms with Crippen molar-refractivity contribution in [1.29, 1.82) is 0 Å². The number of nitrogens with zero attached hydrogens (tertiary/aromatic N) is 2. The van der Waals surface area contributed by atoms with E-state index in [0.717, 1.165) is 36.1 Å². The topological polar surface area (TPSA) is 55.9 Å². The Labute approximate surface area is 124 Å². The number of hydrogen-bond donors (Lipinski definition) is 1. The molecular weight excluding hydrogens is 278 g/mol. The minimum Gasteiger partial charge on any atom is -0.480 e. The number of rotatable bonds is 7. The summed E-state index contributed by atoms with van der Waals surface area (Å²) in [5.41, 5.74) is -0.192. The van der Waals surface area contributed by atoms with E-state index in [1.165, 1.54) is 0 Å². The molecule has 1 aliphatic heterocycles. The van der Waals surface area contributed by atoms with E-state index in [1.54, 1.807) is 25.6 Å². The van der Waals surface area contributed by atoms with Crippen molar-refractivity contribution in [2.75, 3.05) is 53.0 Å². The number of ether oxygens (including phenoxy) is 3. The molecule has 0 amide bonds.